The third kappa shape index (κ3) is 5.02. The Morgan fingerprint density at radius 1 is 0.957 bits per heavy atom. The van der Waals surface area contributed by atoms with Crippen molar-refractivity contribution in [3.8, 4) is 5.75 Å². The van der Waals surface area contributed by atoms with Crippen LogP contribution in [0.1, 0.15) is 59.3 Å². The summed E-state index contributed by atoms with van der Waals surface area (Å²) >= 11 is 2.85. The molecule has 3 aromatic rings. The van der Waals surface area contributed by atoms with E-state index in [4.69, 9.17) is 9.47 Å². The Morgan fingerprint density at radius 2 is 1.70 bits per heavy atom. The Balaban J connectivity index is 1.08. The minimum Gasteiger partial charge on any atom is -0.484 e. The van der Waals surface area contributed by atoms with Gasteiger partial charge in [0.15, 0.2) is 6.61 Å². The third-order valence-corrected chi connectivity index (χ3v) is 13.2. The van der Waals surface area contributed by atoms with E-state index < -0.39 is 17.8 Å². The Bertz CT molecular complexity index is 1810. The lowest BCUT2D eigenvalue weighted by Crippen LogP contribution is -2.42. The van der Waals surface area contributed by atoms with Crippen molar-refractivity contribution in [3.05, 3.63) is 74.2 Å². The van der Waals surface area contributed by atoms with Gasteiger partial charge in [-0.15, -0.1) is 11.8 Å². The van der Waals surface area contributed by atoms with E-state index in [1.807, 2.05) is 29.2 Å². The number of nitrogens with one attached hydrogen (secondary N) is 1. The highest BCUT2D eigenvalue weighted by atomic mass is 32.2. The topological polar surface area (TPSA) is 126 Å². The number of anilines is 1. The first-order valence-electron chi connectivity index (χ1n) is 16.4. The Hall–Kier alpha value is -3.90. The number of hydrogen-bond acceptors (Lipinski definition) is 9. The Labute approximate surface area is 279 Å². The number of aromatic nitrogens is 1. The molecule has 2 bridgehead atoms. The third-order valence-electron chi connectivity index (χ3n) is 10.6. The van der Waals surface area contributed by atoms with Crippen LogP contribution in [0, 0.1) is 29.6 Å². The SMILES string of the molecule is CCOC(=O)c1ccc(N2C(=O)C3C(C2=O)[C@@H]2C[C@H]3C3Sc4[nH]c(=O)sc4[C@H](c4cccc(OCC(=O)N5CCCCC5)c4)C32)cc1. The van der Waals surface area contributed by atoms with Crippen LogP contribution in [-0.2, 0) is 19.1 Å². The van der Waals surface area contributed by atoms with Gasteiger partial charge in [0.2, 0.25) is 11.8 Å². The molecule has 12 heteroatoms. The van der Waals surface area contributed by atoms with Crippen molar-refractivity contribution in [2.75, 3.05) is 31.2 Å². The van der Waals surface area contributed by atoms with E-state index in [9.17, 15) is 24.0 Å². The molecule has 4 unspecified atom stereocenters. The number of carbonyl (C=O) groups excluding carboxylic acids is 4. The number of hydrogen-bond donors (Lipinski definition) is 1. The minimum atomic E-state index is -0.450. The van der Waals surface area contributed by atoms with Crippen molar-refractivity contribution < 1.29 is 28.7 Å². The molecule has 3 amide bonds. The number of amides is 3. The van der Waals surface area contributed by atoms with Crippen LogP contribution in [0.5, 0.6) is 5.75 Å². The molecule has 4 fully saturated rings. The number of rotatable bonds is 7. The van der Waals surface area contributed by atoms with Crippen molar-refractivity contribution in [2.24, 2.45) is 29.6 Å². The molecule has 3 aliphatic heterocycles. The van der Waals surface area contributed by atoms with Crippen molar-refractivity contribution in [2.45, 2.75) is 48.8 Å². The van der Waals surface area contributed by atoms with Gasteiger partial charge in [0, 0.05) is 29.1 Å². The van der Waals surface area contributed by atoms with Gasteiger partial charge in [-0.05, 0) is 92.3 Å². The number of benzene rings is 2. The summed E-state index contributed by atoms with van der Waals surface area (Å²) < 4.78 is 11.1. The summed E-state index contributed by atoms with van der Waals surface area (Å²) in [5.41, 5.74) is 1.80. The van der Waals surface area contributed by atoms with E-state index >= 15 is 0 Å². The molecule has 8 rings (SSSR count). The van der Waals surface area contributed by atoms with E-state index in [-0.39, 0.29) is 64.7 Å². The number of nitrogens with zero attached hydrogens (tertiary/aromatic N) is 2. The number of fused-ring (bicyclic) bond motifs is 9. The van der Waals surface area contributed by atoms with Gasteiger partial charge in [-0.2, -0.15) is 0 Å². The quantitative estimate of drug-likeness (QED) is 0.283. The van der Waals surface area contributed by atoms with E-state index in [0.29, 0.717) is 17.0 Å². The van der Waals surface area contributed by atoms with E-state index in [1.165, 1.54) is 16.2 Å². The number of thiazole rings is 1. The molecule has 0 radical (unpaired) electrons. The zero-order valence-corrected chi connectivity index (χ0v) is 27.5. The molecule has 10 nitrogen and oxygen atoms in total. The van der Waals surface area contributed by atoms with Crippen LogP contribution in [-0.4, -0.2) is 65.1 Å². The fourth-order valence-electron chi connectivity index (χ4n) is 8.78. The van der Waals surface area contributed by atoms with Gasteiger partial charge < -0.3 is 19.4 Å². The highest BCUT2D eigenvalue weighted by Crippen LogP contribution is 2.68. The highest BCUT2D eigenvalue weighted by Gasteiger charge is 2.69. The molecule has 2 saturated carbocycles. The normalized spacial score (nSPS) is 29.0. The standard InChI is InChI=1S/C35H35N3O7S2/c1-2-44-34(42)18-9-11-20(12-10-18)38-32(40)27-22-16-23(28(27)33(38)41)29-26(22)25(30-31(46-29)36-35(43)47-30)19-7-6-8-21(15-19)45-17-24(39)37-13-4-3-5-14-37/h6-12,15,22-23,25-29H,2-5,13-14,16-17H2,1H3,(H,36,43)/t22-,23-,25-,26?,27?,28?,29?/m1/s1. The molecule has 2 aliphatic carbocycles. The molecule has 1 N–H and O–H groups in total. The first-order chi connectivity index (χ1) is 22.8. The summed E-state index contributed by atoms with van der Waals surface area (Å²) in [6.07, 6.45) is 3.96. The number of H-pyrrole nitrogens is 1. The zero-order valence-electron chi connectivity index (χ0n) is 25.9. The summed E-state index contributed by atoms with van der Waals surface area (Å²) in [4.78, 5) is 72.8. The molecule has 244 valence electrons. The van der Waals surface area contributed by atoms with E-state index in [2.05, 4.69) is 4.98 Å². The number of esters is 1. The Kier molecular flexibility index (Phi) is 7.75. The number of likely N-dealkylation sites (tertiary alicyclic amines) is 1. The molecule has 2 saturated heterocycles. The number of aromatic amines is 1. The van der Waals surface area contributed by atoms with Crippen molar-refractivity contribution in [1.82, 2.24) is 9.88 Å². The Morgan fingerprint density at radius 3 is 2.45 bits per heavy atom. The predicted octanol–water partition coefficient (Wildman–Crippen LogP) is 4.68. The first-order valence-corrected chi connectivity index (χ1v) is 18.1. The summed E-state index contributed by atoms with van der Waals surface area (Å²) in [7, 11) is 0. The predicted molar refractivity (Wildman–Crippen MR) is 176 cm³/mol. The molecular formula is C35H35N3O7S2. The van der Waals surface area contributed by atoms with Crippen molar-refractivity contribution >= 4 is 52.5 Å². The molecule has 5 aliphatic rings. The number of piperidine rings is 1. The first kappa shape index (κ1) is 30.4. The highest BCUT2D eigenvalue weighted by molar-refractivity contribution is 8.00. The largest absolute Gasteiger partial charge is 0.484 e. The lowest BCUT2D eigenvalue weighted by Gasteiger charge is -2.43. The monoisotopic (exact) mass is 673 g/mol. The van der Waals surface area contributed by atoms with Crippen LogP contribution in [0.2, 0.25) is 0 Å². The van der Waals surface area contributed by atoms with Gasteiger partial charge in [0.05, 0.1) is 34.7 Å². The fourth-order valence-corrected chi connectivity index (χ4v) is 11.7. The summed E-state index contributed by atoms with van der Waals surface area (Å²) in [6, 6.07) is 14.2. The summed E-state index contributed by atoms with van der Waals surface area (Å²) in [6.45, 7) is 3.50. The lowest BCUT2D eigenvalue weighted by atomic mass is 9.68. The van der Waals surface area contributed by atoms with E-state index in [1.54, 1.807) is 43.0 Å². The van der Waals surface area contributed by atoms with Gasteiger partial charge in [-0.3, -0.25) is 24.1 Å². The van der Waals surface area contributed by atoms with Crippen molar-refractivity contribution in [3.63, 3.8) is 0 Å². The average Bonchev–Trinajstić information content (AvgIpc) is 3.83. The van der Waals surface area contributed by atoms with Gasteiger partial charge in [-0.25, -0.2) is 4.79 Å². The maximum Gasteiger partial charge on any atom is 0.338 e. The van der Waals surface area contributed by atoms with Crippen LogP contribution < -0.4 is 14.5 Å². The molecule has 2 aromatic carbocycles. The van der Waals surface area contributed by atoms with Crippen molar-refractivity contribution in [1.29, 1.82) is 0 Å². The number of carbonyl (C=O) groups is 4. The zero-order chi connectivity index (χ0) is 32.4. The number of imide groups is 1. The fraction of sp³-hybridized carbons (Fsp3) is 0.457. The maximum atomic E-state index is 14.1. The molecule has 0 spiro atoms. The van der Waals surface area contributed by atoms with Gasteiger partial charge >= 0.3 is 10.8 Å². The van der Waals surface area contributed by atoms with Crippen LogP contribution >= 0.6 is 23.1 Å². The van der Waals surface area contributed by atoms with Crippen LogP contribution in [0.15, 0.2) is 58.4 Å². The van der Waals surface area contributed by atoms with Crippen LogP contribution in [0.4, 0.5) is 5.69 Å². The lowest BCUT2D eigenvalue weighted by molar-refractivity contribution is -0.134. The second-order valence-corrected chi connectivity index (χ2v) is 15.2. The minimum absolute atomic E-state index is 0.0131. The molecule has 7 atom stereocenters. The van der Waals surface area contributed by atoms with Crippen LogP contribution in [0.25, 0.3) is 0 Å². The van der Waals surface area contributed by atoms with Gasteiger partial charge in [0.1, 0.15) is 5.75 Å². The van der Waals surface area contributed by atoms with Gasteiger partial charge in [-0.1, -0.05) is 23.5 Å². The molecular weight excluding hydrogens is 639 g/mol. The average molecular weight is 674 g/mol. The summed E-state index contributed by atoms with van der Waals surface area (Å²) in [5.74, 6) is -1.29. The molecule has 47 heavy (non-hydrogen) atoms. The smallest absolute Gasteiger partial charge is 0.338 e. The number of thioether (sulfide) groups is 1. The summed E-state index contributed by atoms with van der Waals surface area (Å²) in [5, 5.41) is 0.891. The number of ether oxygens (including phenoxy) is 2. The molecule has 4 heterocycles. The van der Waals surface area contributed by atoms with E-state index in [0.717, 1.165) is 54.2 Å². The maximum absolute atomic E-state index is 14.1. The second-order valence-electron chi connectivity index (χ2n) is 13.0. The molecule has 1 aromatic heterocycles. The van der Waals surface area contributed by atoms with Crippen LogP contribution in [0.3, 0.4) is 0 Å². The van der Waals surface area contributed by atoms with Gasteiger partial charge in [0.25, 0.3) is 5.91 Å². The second kappa shape index (κ2) is 12.0.